The van der Waals surface area contributed by atoms with Crippen molar-refractivity contribution in [2.24, 2.45) is 5.73 Å². The van der Waals surface area contributed by atoms with Crippen molar-refractivity contribution < 1.29 is 4.42 Å². The van der Waals surface area contributed by atoms with Crippen LogP contribution in [0.15, 0.2) is 28.7 Å². The van der Waals surface area contributed by atoms with Gasteiger partial charge in [-0.1, -0.05) is 26.0 Å². The molecule has 1 unspecified atom stereocenters. The second kappa shape index (κ2) is 4.67. The molecule has 1 atom stereocenters. The largest absolute Gasteiger partial charge is 0.419 e. The molecular weight excluding hydrogens is 214 g/mol. The second-order valence-electron chi connectivity index (χ2n) is 4.51. The molecule has 4 heteroatoms. The van der Waals surface area contributed by atoms with Crippen LogP contribution in [0.5, 0.6) is 0 Å². The Kier molecular flexibility index (Phi) is 3.24. The summed E-state index contributed by atoms with van der Waals surface area (Å²) in [5, 5.41) is 7.89. The Morgan fingerprint density at radius 1 is 1.06 bits per heavy atom. The third kappa shape index (κ3) is 2.53. The zero-order valence-electron chi connectivity index (χ0n) is 10.3. The molecule has 0 saturated carbocycles. The van der Waals surface area contributed by atoms with Gasteiger partial charge in [0.1, 0.15) is 0 Å². The maximum atomic E-state index is 5.67. The van der Waals surface area contributed by atoms with Crippen molar-refractivity contribution in [1.82, 2.24) is 10.2 Å². The van der Waals surface area contributed by atoms with Crippen LogP contribution in [0.3, 0.4) is 0 Å². The van der Waals surface area contributed by atoms with Gasteiger partial charge in [-0.2, -0.15) is 0 Å². The zero-order valence-corrected chi connectivity index (χ0v) is 10.3. The van der Waals surface area contributed by atoms with E-state index in [1.54, 1.807) is 0 Å². The van der Waals surface area contributed by atoms with Crippen molar-refractivity contribution in [1.29, 1.82) is 0 Å². The summed E-state index contributed by atoms with van der Waals surface area (Å²) in [4.78, 5) is 0. The molecule has 0 bridgehead atoms. The van der Waals surface area contributed by atoms with E-state index in [9.17, 15) is 0 Å². The van der Waals surface area contributed by atoms with Gasteiger partial charge in [-0.3, -0.25) is 0 Å². The zero-order chi connectivity index (χ0) is 12.4. The van der Waals surface area contributed by atoms with Crippen LogP contribution >= 0.6 is 0 Å². The van der Waals surface area contributed by atoms with Crippen molar-refractivity contribution in [2.45, 2.75) is 32.7 Å². The Morgan fingerprint density at radius 2 is 1.71 bits per heavy atom. The summed E-state index contributed by atoms with van der Waals surface area (Å²) in [6, 6.07) is 7.92. The average Bonchev–Trinajstić information content (AvgIpc) is 2.78. The minimum atomic E-state index is -0.230. The highest BCUT2D eigenvalue weighted by Crippen LogP contribution is 2.22. The van der Waals surface area contributed by atoms with Crippen molar-refractivity contribution in [3.05, 3.63) is 35.7 Å². The lowest BCUT2D eigenvalue weighted by molar-refractivity contribution is 0.473. The summed E-state index contributed by atoms with van der Waals surface area (Å²) in [7, 11) is 0. The number of rotatable bonds is 3. The van der Waals surface area contributed by atoms with Crippen molar-refractivity contribution >= 4 is 0 Å². The molecule has 90 valence electrons. The lowest BCUT2D eigenvalue weighted by Crippen LogP contribution is -2.04. The van der Waals surface area contributed by atoms with E-state index >= 15 is 0 Å². The van der Waals surface area contributed by atoms with Gasteiger partial charge in [-0.05, 0) is 30.5 Å². The number of benzene rings is 1. The predicted octanol–water partition coefficient (Wildman–Crippen LogP) is 2.88. The molecule has 2 rings (SSSR count). The van der Waals surface area contributed by atoms with Crippen LogP contribution in [0.4, 0.5) is 0 Å². The minimum Gasteiger partial charge on any atom is -0.419 e. The fraction of sp³-hybridized carbons (Fsp3) is 0.385. The molecular formula is C13H17N3O. The van der Waals surface area contributed by atoms with Crippen LogP contribution in [0.25, 0.3) is 11.5 Å². The fourth-order valence-corrected chi connectivity index (χ4v) is 1.55. The van der Waals surface area contributed by atoms with E-state index in [0.29, 0.717) is 17.7 Å². The molecule has 1 aromatic carbocycles. The molecule has 0 fully saturated rings. The van der Waals surface area contributed by atoms with Crippen LogP contribution < -0.4 is 5.73 Å². The molecule has 1 aromatic heterocycles. The molecule has 2 aromatic rings. The second-order valence-corrected chi connectivity index (χ2v) is 4.51. The van der Waals surface area contributed by atoms with E-state index in [2.05, 4.69) is 36.2 Å². The third-order valence-electron chi connectivity index (χ3n) is 2.65. The maximum Gasteiger partial charge on any atom is 0.247 e. The molecule has 0 amide bonds. The summed E-state index contributed by atoms with van der Waals surface area (Å²) >= 11 is 0. The molecule has 0 aliphatic heterocycles. The highest BCUT2D eigenvalue weighted by molar-refractivity contribution is 5.53. The van der Waals surface area contributed by atoms with Crippen molar-refractivity contribution in [3.63, 3.8) is 0 Å². The van der Waals surface area contributed by atoms with Gasteiger partial charge in [0.25, 0.3) is 0 Å². The van der Waals surface area contributed by atoms with Gasteiger partial charge in [0, 0.05) is 5.56 Å². The van der Waals surface area contributed by atoms with E-state index < -0.39 is 0 Å². The highest BCUT2D eigenvalue weighted by Gasteiger charge is 2.11. The standard InChI is InChI=1S/C13H17N3O/c1-8(2)10-4-6-11(7-5-10)13-16-15-12(17-13)9(3)14/h4-9H,14H2,1-3H3. The van der Waals surface area contributed by atoms with E-state index in [1.165, 1.54) is 5.56 Å². The Hall–Kier alpha value is -1.68. The minimum absolute atomic E-state index is 0.230. The van der Waals surface area contributed by atoms with E-state index in [-0.39, 0.29) is 6.04 Å². The van der Waals surface area contributed by atoms with Gasteiger partial charge >= 0.3 is 0 Å². The third-order valence-corrected chi connectivity index (χ3v) is 2.65. The van der Waals surface area contributed by atoms with Gasteiger partial charge in [0.05, 0.1) is 6.04 Å². The number of nitrogens with two attached hydrogens (primary N) is 1. The van der Waals surface area contributed by atoms with E-state index in [1.807, 2.05) is 19.1 Å². The van der Waals surface area contributed by atoms with Gasteiger partial charge in [0.2, 0.25) is 11.8 Å². The summed E-state index contributed by atoms with van der Waals surface area (Å²) in [6.45, 7) is 6.14. The lowest BCUT2D eigenvalue weighted by Gasteiger charge is -2.04. The van der Waals surface area contributed by atoms with Crippen LogP contribution in [-0.4, -0.2) is 10.2 Å². The molecule has 0 aliphatic carbocycles. The first kappa shape index (κ1) is 11.8. The van der Waals surface area contributed by atoms with Crippen LogP contribution in [0.1, 0.15) is 44.2 Å². The number of hydrogen-bond acceptors (Lipinski definition) is 4. The number of hydrogen-bond donors (Lipinski definition) is 1. The van der Waals surface area contributed by atoms with E-state index in [0.717, 1.165) is 5.56 Å². The van der Waals surface area contributed by atoms with Gasteiger partial charge < -0.3 is 10.2 Å². The Morgan fingerprint density at radius 3 is 2.18 bits per heavy atom. The smallest absolute Gasteiger partial charge is 0.247 e. The van der Waals surface area contributed by atoms with Gasteiger partial charge in [-0.15, -0.1) is 10.2 Å². The molecule has 0 spiro atoms. The average molecular weight is 231 g/mol. The van der Waals surface area contributed by atoms with Crippen LogP contribution in [0.2, 0.25) is 0 Å². The summed E-state index contributed by atoms with van der Waals surface area (Å²) < 4.78 is 5.48. The fourth-order valence-electron chi connectivity index (χ4n) is 1.55. The molecule has 0 saturated heterocycles. The molecule has 1 heterocycles. The first-order valence-corrected chi connectivity index (χ1v) is 5.77. The number of aromatic nitrogens is 2. The maximum absolute atomic E-state index is 5.67. The van der Waals surface area contributed by atoms with Crippen molar-refractivity contribution in [3.8, 4) is 11.5 Å². The molecule has 2 N–H and O–H groups in total. The van der Waals surface area contributed by atoms with Crippen LogP contribution in [-0.2, 0) is 0 Å². The molecule has 0 radical (unpaired) electrons. The molecule has 17 heavy (non-hydrogen) atoms. The summed E-state index contributed by atoms with van der Waals surface area (Å²) in [5.41, 5.74) is 7.89. The Bertz CT molecular complexity index is 486. The molecule has 0 aliphatic rings. The monoisotopic (exact) mass is 231 g/mol. The Balaban J connectivity index is 2.27. The highest BCUT2D eigenvalue weighted by atomic mass is 16.4. The lowest BCUT2D eigenvalue weighted by atomic mass is 10.0. The SMILES string of the molecule is CC(C)c1ccc(-c2nnc(C(C)N)o2)cc1. The first-order chi connectivity index (χ1) is 8.08. The first-order valence-electron chi connectivity index (χ1n) is 5.77. The van der Waals surface area contributed by atoms with Gasteiger partial charge in [0.15, 0.2) is 0 Å². The normalized spacial score (nSPS) is 13.0. The summed E-state index contributed by atoms with van der Waals surface area (Å²) in [6.07, 6.45) is 0. The quantitative estimate of drug-likeness (QED) is 0.882. The topological polar surface area (TPSA) is 64.9 Å². The predicted molar refractivity (Wildman–Crippen MR) is 66.4 cm³/mol. The Labute approximate surface area is 101 Å². The van der Waals surface area contributed by atoms with Crippen molar-refractivity contribution in [2.75, 3.05) is 0 Å². The van der Waals surface area contributed by atoms with Gasteiger partial charge in [-0.25, -0.2) is 0 Å². The summed E-state index contributed by atoms with van der Waals surface area (Å²) in [5.74, 6) is 1.51. The number of nitrogens with zero attached hydrogens (tertiary/aromatic N) is 2. The molecule has 4 nitrogen and oxygen atoms in total. The van der Waals surface area contributed by atoms with Crippen LogP contribution in [0, 0.1) is 0 Å². The van der Waals surface area contributed by atoms with E-state index in [4.69, 9.17) is 10.2 Å².